The average molecular weight is 475 g/mol. The Hall–Kier alpha value is -1.81. The smallest absolute Gasteiger partial charge is 0.244 e. The van der Waals surface area contributed by atoms with Crippen molar-refractivity contribution in [1.82, 2.24) is 9.62 Å². The van der Waals surface area contributed by atoms with Gasteiger partial charge in [-0.05, 0) is 44.0 Å². The normalized spacial score (nSPS) is 20.0. The zero-order valence-electron chi connectivity index (χ0n) is 18.4. The quantitative estimate of drug-likeness (QED) is 0.524. The minimum absolute atomic E-state index is 0.0134. The number of nitrogens with one attached hydrogen (secondary N) is 1. The Morgan fingerprint density at radius 3 is 2.61 bits per heavy atom. The summed E-state index contributed by atoms with van der Waals surface area (Å²) in [5, 5.41) is 2.98. The van der Waals surface area contributed by atoms with Crippen LogP contribution in [0.3, 0.4) is 0 Å². The lowest BCUT2D eigenvalue weighted by atomic mass is 10.2. The van der Waals surface area contributed by atoms with Crippen LogP contribution in [0.1, 0.15) is 32.8 Å². The van der Waals surface area contributed by atoms with E-state index in [1.54, 1.807) is 18.2 Å². The van der Waals surface area contributed by atoms with E-state index in [0.717, 1.165) is 6.42 Å². The summed E-state index contributed by atoms with van der Waals surface area (Å²) in [7, 11) is -1.96. The van der Waals surface area contributed by atoms with Crippen LogP contribution in [-0.4, -0.2) is 69.9 Å². The van der Waals surface area contributed by atoms with Gasteiger partial charge in [0.05, 0.1) is 36.7 Å². The van der Waals surface area contributed by atoms with E-state index < -0.39 is 15.9 Å². The summed E-state index contributed by atoms with van der Waals surface area (Å²) in [4.78, 5) is 12.1. The van der Waals surface area contributed by atoms with Crippen molar-refractivity contribution in [1.29, 1.82) is 0 Å². The Morgan fingerprint density at radius 1 is 1.32 bits per heavy atom. The van der Waals surface area contributed by atoms with Crippen molar-refractivity contribution < 1.29 is 27.4 Å². The Kier molecular flexibility index (Phi) is 9.61. The Bertz CT molecular complexity index is 880. The Morgan fingerprint density at radius 2 is 2.00 bits per heavy atom. The van der Waals surface area contributed by atoms with Gasteiger partial charge < -0.3 is 19.5 Å². The van der Waals surface area contributed by atoms with Crippen LogP contribution in [0.2, 0.25) is 5.02 Å². The first kappa shape index (κ1) is 25.5. The molecule has 1 fully saturated rings. The molecule has 1 N–H and O–H groups in total. The third kappa shape index (κ3) is 7.68. The van der Waals surface area contributed by atoms with Crippen LogP contribution in [0, 0.1) is 0 Å². The molecule has 2 atom stereocenters. The van der Waals surface area contributed by atoms with E-state index in [-0.39, 0.29) is 24.5 Å². The maximum atomic E-state index is 12.5. The molecule has 1 amide bonds. The molecule has 1 aromatic rings. The van der Waals surface area contributed by atoms with Gasteiger partial charge in [-0.15, -0.1) is 0 Å². The number of methoxy groups -OCH3 is 1. The number of ether oxygens (including phenoxy) is 3. The zero-order valence-corrected chi connectivity index (χ0v) is 20.0. The molecule has 0 bridgehead atoms. The first-order chi connectivity index (χ1) is 14.7. The summed E-state index contributed by atoms with van der Waals surface area (Å²) in [6, 6.07) is 3.38. The van der Waals surface area contributed by atoms with Gasteiger partial charge in [-0.1, -0.05) is 18.5 Å². The first-order valence-electron chi connectivity index (χ1n) is 10.3. The monoisotopic (exact) mass is 474 g/mol. The van der Waals surface area contributed by atoms with Gasteiger partial charge in [-0.2, -0.15) is 4.31 Å². The third-order valence-corrected chi connectivity index (χ3v) is 6.65. The zero-order chi connectivity index (χ0) is 23.0. The van der Waals surface area contributed by atoms with Crippen molar-refractivity contribution in [3.63, 3.8) is 0 Å². The van der Waals surface area contributed by atoms with Gasteiger partial charge in [0.15, 0.2) is 11.5 Å². The predicted octanol–water partition coefficient (Wildman–Crippen LogP) is 2.71. The molecule has 1 heterocycles. The first-order valence-corrected chi connectivity index (χ1v) is 12.2. The second-order valence-electron chi connectivity index (χ2n) is 7.40. The van der Waals surface area contributed by atoms with Crippen LogP contribution in [0.25, 0.3) is 6.08 Å². The average Bonchev–Trinajstić information content (AvgIpc) is 2.70. The number of amides is 1. The van der Waals surface area contributed by atoms with Gasteiger partial charge >= 0.3 is 0 Å². The highest BCUT2D eigenvalue weighted by molar-refractivity contribution is 7.89. The standard InChI is InChI=1S/C21H31ClN2O6S/c1-5-9-29-21-18(22)11-17(12-19(21)28-4)6-7-20(25)23-8-10-31(26,27)24-13-15(2)30-16(3)14-24/h6-7,11-12,15-16H,5,8-10,13-14H2,1-4H3,(H,23,25)/b7-6+. The van der Waals surface area contributed by atoms with E-state index in [0.29, 0.717) is 41.8 Å². The molecule has 1 aromatic carbocycles. The van der Waals surface area contributed by atoms with E-state index in [4.69, 9.17) is 25.8 Å². The predicted molar refractivity (Wildman–Crippen MR) is 121 cm³/mol. The maximum Gasteiger partial charge on any atom is 0.244 e. The van der Waals surface area contributed by atoms with Gasteiger partial charge in [-0.3, -0.25) is 4.79 Å². The molecule has 1 saturated heterocycles. The van der Waals surface area contributed by atoms with E-state index in [1.807, 2.05) is 20.8 Å². The molecule has 0 saturated carbocycles. The molecule has 174 valence electrons. The summed E-state index contributed by atoms with van der Waals surface area (Å²) in [6.45, 7) is 6.84. The number of rotatable bonds is 10. The molecular weight excluding hydrogens is 444 g/mol. The van der Waals surface area contributed by atoms with E-state index >= 15 is 0 Å². The van der Waals surface area contributed by atoms with Gasteiger partial charge in [0.1, 0.15) is 0 Å². The Labute approximate surface area is 189 Å². The van der Waals surface area contributed by atoms with Gasteiger partial charge in [0.2, 0.25) is 15.9 Å². The molecular formula is C21H31ClN2O6S. The van der Waals surface area contributed by atoms with Crippen LogP contribution in [0.15, 0.2) is 18.2 Å². The number of carbonyl (C=O) groups excluding carboxylic acids is 1. The summed E-state index contributed by atoms with van der Waals surface area (Å²) in [6.07, 6.45) is 3.42. The van der Waals surface area contributed by atoms with Gasteiger partial charge in [-0.25, -0.2) is 8.42 Å². The van der Waals surface area contributed by atoms with Gasteiger partial charge in [0, 0.05) is 25.7 Å². The molecule has 2 unspecified atom stereocenters. The van der Waals surface area contributed by atoms with Crippen LogP contribution >= 0.6 is 11.6 Å². The minimum atomic E-state index is -3.47. The number of sulfonamides is 1. The van der Waals surface area contributed by atoms with Gasteiger partial charge in [0.25, 0.3) is 0 Å². The SMILES string of the molecule is CCCOc1c(Cl)cc(/C=C/C(=O)NCCS(=O)(=O)N2CC(C)OC(C)C2)cc1OC. The molecule has 0 aromatic heterocycles. The van der Waals surface area contributed by atoms with Crippen molar-refractivity contribution >= 4 is 33.6 Å². The Balaban J connectivity index is 1.91. The molecule has 1 aliphatic heterocycles. The largest absolute Gasteiger partial charge is 0.493 e. The fourth-order valence-electron chi connectivity index (χ4n) is 3.20. The number of halogens is 1. The number of benzene rings is 1. The molecule has 8 nitrogen and oxygen atoms in total. The van der Waals surface area contributed by atoms with Crippen molar-refractivity contribution in [3.8, 4) is 11.5 Å². The summed E-state index contributed by atoms with van der Waals surface area (Å²) < 4.78 is 42.9. The summed E-state index contributed by atoms with van der Waals surface area (Å²) in [5.41, 5.74) is 0.657. The minimum Gasteiger partial charge on any atom is -0.493 e. The number of nitrogens with zero attached hydrogens (tertiary/aromatic N) is 1. The highest BCUT2D eigenvalue weighted by atomic mass is 35.5. The molecule has 10 heteroatoms. The number of morpholine rings is 1. The maximum absolute atomic E-state index is 12.5. The third-order valence-electron chi connectivity index (χ3n) is 4.57. The topological polar surface area (TPSA) is 94.2 Å². The fourth-order valence-corrected chi connectivity index (χ4v) is 4.97. The second-order valence-corrected chi connectivity index (χ2v) is 9.89. The number of hydrogen-bond acceptors (Lipinski definition) is 6. The van der Waals surface area contributed by atoms with Crippen LogP contribution in [0.4, 0.5) is 0 Å². The van der Waals surface area contributed by atoms with E-state index in [9.17, 15) is 13.2 Å². The highest BCUT2D eigenvalue weighted by Gasteiger charge is 2.30. The lowest BCUT2D eigenvalue weighted by Gasteiger charge is -2.34. The lowest BCUT2D eigenvalue weighted by Crippen LogP contribution is -2.49. The van der Waals surface area contributed by atoms with E-state index in [1.165, 1.54) is 17.5 Å². The summed E-state index contributed by atoms with van der Waals surface area (Å²) in [5.74, 6) is 0.362. The van der Waals surface area contributed by atoms with Crippen molar-refractivity contribution in [2.75, 3.05) is 39.1 Å². The molecule has 0 radical (unpaired) electrons. The highest BCUT2D eigenvalue weighted by Crippen LogP contribution is 2.36. The van der Waals surface area contributed by atoms with Crippen molar-refractivity contribution in [2.24, 2.45) is 0 Å². The number of hydrogen-bond donors (Lipinski definition) is 1. The number of carbonyl (C=O) groups is 1. The fraction of sp³-hybridized carbons (Fsp3) is 0.571. The molecule has 31 heavy (non-hydrogen) atoms. The second kappa shape index (κ2) is 11.7. The summed E-state index contributed by atoms with van der Waals surface area (Å²) >= 11 is 6.27. The van der Waals surface area contributed by atoms with Crippen molar-refractivity contribution in [3.05, 3.63) is 28.8 Å². The molecule has 1 aliphatic rings. The van der Waals surface area contributed by atoms with Crippen LogP contribution in [0.5, 0.6) is 11.5 Å². The van der Waals surface area contributed by atoms with E-state index in [2.05, 4.69) is 5.32 Å². The molecule has 0 spiro atoms. The van der Waals surface area contributed by atoms with Crippen LogP contribution in [-0.2, 0) is 19.6 Å². The van der Waals surface area contributed by atoms with Crippen molar-refractivity contribution in [2.45, 2.75) is 39.4 Å². The van der Waals surface area contributed by atoms with Crippen LogP contribution < -0.4 is 14.8 Å². The molecule has 2 rings (SSSR count). The lowest BCUT2D eigenvalue weighted by molar-refractivity contribution is -0.116. The molecule has 0 aliphatic carbocycles.